The van der Waals surface area contributed by atoms with E-state index in [9.17, 15) is 0 Å². The molecule has 0 saturated carbocycles. The predicted molar refractivity (Wildman–Crippen MR) is 98.0 cm³/mol. The zero-order chi connectivity index (χ0) is 16.2. The minimum Gasteiger partial charge on any atom is -0.373 e. The summed E-state index contributed by atoms with van der Waals surface area (Å²) >= 11 is 0. The molecule has 2 nitrogen and oxygen atoms in total. The SMILES string of the molecule is c1ccc(CCN2CCC(C3Cc4ccccc4CO3)CC2)cc1. The molecule has 2 aromatic rings. The number of piperidine rings is 1. The molecular formula is C22H27NO. The molecule has 0 radical (unpaired) electrons. The van der Waals surface area contributed by atoms with Crippen LogP contribution in [0.15, 0.2) is 54.6 Å². The van der Waals surface area contributed by atoms with Crippen LogP contribution in [0.3, 0.4) is 0 Å². The maximum Gasteiger partial charge on any atom is 0.0723 e. The van der Waals surface area contributed by atoms with Crippen LogP contribution in [0.4, 0.5) is 0 Å². The molecule has 126 valence electrons. The first kappa shape index (κ1) is 15.9. The largest absolute Gasteiger partial charge is 0.373 e. The summed E-state index contributed by atoms with van der Waals surface area (Å²) in [6.45, 7) is 4.43. The van der Waals surface area contributed by atoms with Gasteiger partial charge < -0.3 is 9.64 Å². The van der Waals surface area contributed by atoms with Crippen molar-refractivity contribution in [1.82, 2.24) is 4.90 Å². The molecule has 2 aliphatic rings. The molecular weight excluding hydrogens is 294 g/mol. The van der Waals surface area contributed by atoms with Gasteiger partial charge in [-0.05, 0) is 61.4 Å². The molecule has 0 N–H and O–H groups in total. The van der Waals surface area contributed by atoms with Gasteiger partial charge in [0.15, 0.2) is 0 Å². The van der Waals surface area contributed by atoms with E-state index in [0.29, 0.717) is 6.10 Å². The van der Waals surface area contributed by atoms with E-state index in [2.05, 4.69) is 59.5 Å². The zero-order valence-corrected chi connectivity index (χ0v) is 14.4. The van der Waals surface area contributed by atoms with E-state index >= 15 is 0 Å². The van der Waals surface area contributed by atoms with Gasteiger partial charge >= 0.3 is 0 Å². The topological polar surface area (TPSA) is 12.5 Å². The smallest absolute Gasteiger partial charge is 0.0723 e. The number of nitrogens with zero attached hydrogens (tertiary/aromatic N) is 1. The third-order valence-corrected chi connectivity index (χ3v) is 5.71. The Kier molecular flexibility index (Phi) is 4.96. The van der Waals surface area contributed by atoms with Crippen molar-refractivity contribution in [3.63, 3.8) is 0 Å². The number of rotatable bonds is 4. The second kappa shape index (κ2) is 7.50. The number of benzene rings is 2. The maximum absolute atomic E-state index is 6.19. The molecule has 2 aromatic carbocycles. The van der Waals surface area contributed by atoms with Gasteiger partial charge in [-0.2, -0.15) is 0 Å². The molecule has 1 unspecified atom stereocenters. The Hall–Kier alpha value is -1.64. The van der Waals surface area contributed by atoms with Gasteiger partial charge in [-0.3, -0.25) is 0 Å². The Morgan fingerprint density at radius 2 is 1.58 bits per heavy atom. The normalized spacial score (nSPS) is 22.2. The third-order valence-electron chi connectivity index (χ3n) is 5.71. The van der Waals surface area contributed by atoms with Crippen LogP contribution in [0.5, 0.6) is 0 Å². The molecule has 2 aliphatic heterocycles. The zero-order valence-electron chi connectivity index (χ0n) is 14.4. The first-order valence-electron chi connectivity index (χ1n) is 9.33. The van der Waals surface area contributed by atoms with Crippen LogP contribution >= 0.6 is 0 Å². The van der Waals surface area contributed by atoms with E-state index in [0.717, 1.165) is 18.9 Å². The highest BCUT2D eigenvalue weighted by molar-refractivity contribution is 5.28. The number of likely N-dealkylation sites (tertiary alicyclic amines) is 1. The summed E-state index contributed by atoms with van der Waals surface area (Å²) in [7, 11) is 0. The molecule has 0 aromatic heterocycles. The van der Waals surface area contributed by atoms with Crippen LogP contribution in [0.25, 0.3) is 0 Å². The summed E-state index contributed by atoms with van der Waals surface area (Å²) in [5, 5.41) is 0. The van der Waals surface area contributed by atoms with Crippen LogP contribution in [-0.4, -0.2) is 30.6 Å². The molecule has 0 aliphatic carbocycles. The standard InChI is InChI=1S/C22H27NO/c1-2-6-18(7-3-1)10-13-23-14-11-19(12-15-23)22-16-20-8-4-5-9-21(20)17-24-22/h1-9,19,22H,10-17H2. The second-order valence-corrected chi connectivity index (χ2v) is 7.24. The van der Waals surface area contributed by atoms with Crippen LogP contribution in [-0.2, 0) is 24.2 Å². The molecule has 2 heterocycles. The fraction of sp³-hybridized carbons (Fsp3) is 0.455. The van der Waals surface area contributed by atoms with E-state index in [1.807, 2.05) is 0 Å². The number of hydrogen-bond acceptors (Lipinski definition) is 2. The lowest BCUT2D eigenvalue weighted by molar-refractivity contribution is -0.0281. The van der Waals surface area contributed by atoms with Crippen LogP contribution in [0.1, 0.15) is 29.5 Å². The number of hydrogen-bond donors (Lipinski definition) is 0. The van der Waals surface area contributed by atoms with Crippen molar-refractivity contribution in [3.05, 3.63) is 71.3 Å². The molecule has 2 heteroatoms. The molecule has 4 rings (SSSR count). The Morgan fingerprint density at radius 3 is 2.38 bits per heavy atom. The van der Waals surface area contributed by atoms with Crippen LogP contribution in [0.2, 0.25) is 0 Å². The Bertz CT molecular complexity index is 646. The third kappa shape index (κ3) is 3.71. The van der Waals surface area contributed by atoms with E-state index in [1.54, 1.807) is 0 Å². The minimum absolute atomic E-state index is 0.427. The summed E-state index contributed by atoms with van der Waals surface area (Å²) in [4.78, 5) is 2.63. The van der Waals surface area contributed by atoms with Gasteiger partial charge in [0, 0.05) is 6.54 Å². The van der Waals surface area contributed by atoms with E-state index in [1.165, 1.54) is 55.6 Å². The molecule has 0 amide bonds. The van der Waals surface area contributed by atoms with Crippen molar-refractivity contribution in [2.24, 2.45) is 5.92 Å². The van der Waals surface area contributed by atoms with E-state index < -0.39 is 0 Å². The lowest BCUT2D eigenvalue weighted by Gasteiger charge is -2.38. The highest BCUT2D eigenvalue weighted by atomic mass is 16.5. The maximum atomic E-state index is 6.19. The average molecular weight is 321 g/mol. The highest BCUT2D eigenvalue weighted by Gasteiger charge is 2.29. The molecule has 1 fully saturated rings. The fourth-order valence-corrected chi connectivity index (χ4v) is 4.15. The van der Waals surface area contributed by atoms with Crippen LogP contribution in [0, 0.1) is 5.92 Å². The van der Waals surface area contributed by atoms with Crippen molar-refractivity contribution in [3.8, 4) is 0 Å². The van der Waals surface area contributed by atoms with Crippen molar-refractivity contribution >= 4 is 0 Å². The molecule has 1 atom stereocenters. The second-order valence-electron chi connectivity index (χ2n) is 7.24. The number of fused-ring (bicyclic) bond motifs is 1. The molecule has 24 heavy (non-hydrogen) atoms. The van der Waals surface area contributed by atoms with Gasteiger partial charge in [0.2, 0.25) is 0 Å². The molecule has 1 saturated heterocycles. The van der Waals surface area contributed by atoms with Gasteiger partial charge in [0.1, 0.15) is 0 Å². The lowest BCUT2D eigenvalue weighted by atomic mass is 9.85. The first-order chi connectivity index (χ1) is 11.9. The summed E-state index contributed by atoms with van der Waals surface area (Å²) in [6, 6.07) is 19.6. The molecule has 0 bridgehead atoms. The quantitative estimate of drug-likeness (QED) is 0.841. The summed E-state index contributed by atoms with van der Waals surface area (Å²) in [5.41, 5.74) is 4.33. The molecule has 0 spiro atoms. The summed E-state index contributed by atoms with van der Waals surface area (Å²) in [5.74, 6) is 0.728. The van der Waals surface area contributed by atoms with Crippen LogP contribution < -0.4 is 0 Å². The van der Waals surface area contributed by atoms with Gasteiger partial charge in [-0.15, -0.1) is 0 Å². The lowest BCUT2D eigenvalue weighted by Crippen LogP contribution is -2.41. The Balaban J connectivity index is 1.26. The van der Waals surface area contributed by atoms with Gasteiger partial charge in [-0.25, -0.2) is 0 Å². The predicted octanol–water partition coefficient (Wildman–Crippen LogP) is 4.08. The Morgan fingerprint density at radius 1 is 0.875 bits per heavy atom. The fourth-order valence-electron chi connectivity index (χ4n) is 4.15. The van der Waals surface area contributed by atoms with Gasteiger partial charge in [0.05, 0.1) is 12.7 Å². The van der Waals surface area contributed by atoms with Crippen molar-refractivity contribution < 1.29 is 4.74 Å². The van der Waals surface area contributed by atoms with Crippen molar-refractivity contribution in [2.75, 3.05) is 19.6 Å². The van der Waals surface area contributed by atoms with E-state index in [-0.39, 0.29) is 0 Å². The van der Waals surface area contributed by atoms with Crippen molar-refractivity contribution in [2.45, 2.75) is 38.4 Å². The Labute approximate surface area is 145 Å². The first-order valence-corrected chi connectivity index (χ1v) is 9.33. The van der Waals surface area contributed by atoms with E-state index in [4.69, 9.17) is 4.74 Å². The number of ether oxygens (including phenoxy) is 1. The summed E-state index contributed by atoms with van der Waals surface area (Å²) < 4.78 is 6.19. The minimum atomic E-state index is 0.427. The average Bonchev–Trinajstić information content (AvgIpc) is 2.67. The van der Waals surface area contributed by atoms with Crippen molar-refractivity contribution in [1.29, 1.82) is 0 Å². The monoisotopic (exact) mass is 321 g/mol. The summed E-state index contributed by atoms with van der Waals surface area (Å²) in [6.07, 6.45) is 5.25. The van der Waals surface area contributed by atoms with Gasteiger partial charge in [-0.1, -0.05) is 54.6 Å². The van der Waals surface area contributed by atoms with Gasteiger partial charge in [0.25, 0.3) is 0 Å². The highest BCUT2D eigenvalue weighted by Crippen LogP contribution is 2.30.